The maximum atomic E-state index is 11.4. The zero-order valence-corrected chi connectivity index (χ0v) is 10.5. The van der Waals surface area contributed by atoms with E-state index in [2.05, 4.69) is 18.6 Å². The Bertz CT molecular complexity index is 461. The molecule has 0 unspecified atom stereocenters. The second-order valence-corrected chi connectivity index (χ2v) is 3.71. The van der Waals surface area contributed by atoms with E-state index < -0.39 is 0 Å². The van der Waals surface area contributed by atoms with Crippen LogP contribution in [0, 0.1) is 6.92 Å². The van der Waals surface area contributed by atoms with E-state index in [9.17, 15) is 4.79 Å². The Labute approximate surface area is 102 Å². The summed E-state index contributed by atoms with van der Waals surface area (Å²) in [5, 5.41) is 0. The minimum Gasteiger partial charge on any atom is -0.465 e. The molecule has 0 aliphatic carbocycles. The Hall–Kier alpha value is -1.90. The first kappa shape index (κ1) is 13.2. The van der Waals surface area contributed by atoms with Crippen LogP contribution in [0.1, 0.15) is 34.8 Å². The number of hydrogen-bond donors (Lipinski definition) is 0. The van der Waals surface area contributed by atoms with Crippen molar-refractivity contribution in [3.63, 3.8) is 0 Å². The summed E-state index contributed by atoms with van der Waals surface area (Å²) < 4.78 is 4.71. The Morgan fingerprint density at radius 2 is 2.24 bits per heavy atom. The number of aryl methyl sites for hydroxylation is 1. The molecule has 17 heavy (non-hydrogen) atoms. The third-order valence-corrected chi connectivity index (χ3v) is 2.63. The average Bonchev–Trinajstić information content (AvgIpc) is 2.35. The van der Waals surface area contributed by atoms with Gasteiger partial charge >= 0.3 is 5.97 Å². The number of rotatable bonds is 4. The van der Waals surface area contributed by atoms with Crippen LogP contribution in [0.5, 0.6) is 0 Å². The molecule has 3 nitrogen and oxygen atoms in total. The van der Waals surface area contributed by atoms with Crippen LogP contribution in [-0.4, -0.2) is 19.8 Å². The van der Waals surface area contributed by atoms with Crippen molar-refractivity contribution in [2.45, 2.75) is 20.3 Å². The number of carbonyl (C=O) groups is 1. The summed E-state index contributed by atoms with van der Waals surface area (Å²) in [7, 11) is 1.38. The smallest absolute Gasteiger partial charge is 0.338 e. The molecule has 0 amide bonds. The van der Waals surface area contributed by atoms with E-state index >= 15 is 0 Å². The number of nitrogens with zero attached hydrogens (tertiary/aromatic N) is 1. The van der Waals surface area contributed by atoms with Crippen molar-refractivity contribution in [1.29, 1.82) is 0 Å². The Kier molecular flexibility index (Phi) is 4.64. The molecule has 0 bridgehead atoms. The van der Waals surface area contributed by atoms with Gasteiger partial charge in [-0.25, -0.2) is 4.79 Å². The molecule has 0 spiro atoms. The third-order valence-electron chi connectivity index (χ3n) is 2.63. The maximum absolute atomic E-state index is 11.4. The topological polar surface area (TPSA) is 38.7 Å². The average molecular weight is 231 g/mol. The zero-order chi connectivity index (χ0) is 12.8. The number of esters is 1. The molecule has 0 fully saturated rings. The number of aliphatic imine (C=N–C) groups is 1. The van der Waals surface area contributed by atoms with Crippen LogP contribution < -0.4 is 0 Å². The zero-order valence-electron chi connectivity index (χ0n) is 10.5. The van der Waals surface area contributed by atoms with Crippen molar-refractivity contribution in [3.05, 3.63) is 41.1 Å². The second kappa shape index (κ2) is 5.99. The summed E-state index contributed by atoms with van der Waals surface area (Å²) in [5.41, 5.74) is 3.65. The minimum absolute atomic E-state index is 0.307. The van der Waals surface area contributed by atoms with E-state index in [1.807, 2.05) is 19.1 Å². The van der Waals surface area contributed by atoms with Crippen LogP contribution in [0.2, 0.25) is 0 Å². The Balaban J connectivity index is 3.16. The van der Waals surface area contributed by atoms with Crippen LogP contribution in [0.15, 0.2) is 29.4 Å². The molecule has 0 radical (unpaired) electrons. The molecule has 0 atom stereocenters. The van der Waals surface area contributed by atoms with E-state index in [4.69, 9.17) is 4.74 Å². The quantitative estimate of drug-likeness (QED) is 0.589. The SMILES string of the molecule is C=N/C=C(\CC)c1ccc(C(=O)OC)c(C)c1. The largest absolute Gasteiger partial charge is 0.465 e. The number of methoxy groups -OCH3 is 1. The van der Waals surface area contributed by atoms with Gasteiger partial charge in [-0.2, -0.15) is 0 Å². The molecular formula is C14H17NO2. The molecule has 0 aliphatic heterocycles. The van der Waals surface area contributed by atoms with Crippen molar-refractivity contribution >= 4 is 18.3 Å². The monoisotopic (exact) mass is 231 g/mol. The molecule has 1 aromatic rings. The van der Waals surface area contributed by atoms with E-state index in [0.29, 0.717) is 5.56 Å². The Morgan fingerprint density at radius 3 is 2.71 bits per heavy atom. The fourth-order valence-electron chi connectivity index (χ4n) is 1.68. The molecule has 1 rings (SSSR count). The first-order valence-electron chi connectivity index (χ1n) is 5.48. The van der Waals surface area contributed by atoms with Crippen LogP contribution in [0.4, 0.5) is 0 Å². The van der Waals surface area contributed by atoms with E-state index in [1.54, 1.807) is 12.3 Å². The fourth-order valence-corrected chi connectivity index (χ4v) is 1.68. The molecule has 0 saturated heterocycles. The van der Waals surface area contributed by atoms with Gasteiger partial charge in [0.15, 0.2) is 0 Å². The van der Waals surface area contributed by atoms with Crippen LogP contribution in [0.25, 0.3) is 5.57 Å². The molecule has 1 aromatic carbocycles. The standard InChI is InChI=1S/C14H17NO2/c1-5-11(9-15-3)12-6-7-13(10(2)8-12)14(16)17-4/h6-9H,3,5H2,1-2,4H3/b11-9+. The highest BCUT2D eigenvalue weighted by molar-refractivity contribution is 5.91. The van der Waals surface area contributed by atoms with Gasteiger partial charge in [-0.05, 0) is 42.8 Å². The number of carbonyl (C=O) groups excluding carboxylic acids is 1. The molecule has 0 N–H and O–H groups in total. The summed E-state index contributed by atoms with van der Waals surface area (Å²) in [5.74, 6) is -0.307. The van der Waals surface area contributed by atoms with Crippen molar-refractivity contribution in [2.24, 2.45) is 4.99 Å². The summed E-state index contributed by atoms with van der Waals surface area (Å²) in [6.07, 6.45) is 2.61. The number of hydrogen-bond acceptors (Lipinski definition) is 3. The van der Waals surface area contributed by atoms with E-state index in [0.717, 1.165) is 23.1 Å². The van der Waals surface area contributed by atoms with Gasteiger partial charge in [0.05, 0.1) is 12.7 Å². The van der Waals surface area contributed by atoms with Crippen LogP contribution >= 0.6 is 0 Å². The summed E-state index contributed by atoms with van der Waals surface area (Å²) in [6, 6.07) is 5.65. The van der Waals surface area contributed by atoms with Gasteiger partial charge in [0, 0.05) is 6.20 Å². The number of benzene rings is 1. The van der Waals surface area contributed by atoms with Crippen LogP contribution in [0.3, 0.4) is 0 Å². The van der Waals surface area contributed by atoms with Gasteiger partial charge < -0.3 is 4.74 Å². The van der Waals surface area contributed by atoms with Gasteiger partial charge in [-0.1, -0.05) is 19.1 Å². The third kappa shape index (κ3) is 3.03. The van der Waals surface area contributed by atoms with Gasteiger partial charge in [0.2, 0.25) is 0 Å². The van der Waals surface area contributed by atoms with Gasteiger partial charge in [-0.15, -0.1) is 0 Å². The maximum Gasteiger partial charge on any atom is 0.338 e. The van der Waals surface area contributed by atoms with E-state index in [1.165, 1.54) is 7.11 Å². The van der Waals surface area contributed by atoms with Gasteiger partial charge in [0.1, 0.15) is 0 Å². The summed E-state index contributed by atoms with van der Waals surface area (Å²) >= 11 is 0. The predicted molar refractivity (Wildman–Crippen MR) is 70.3 cm³/mol. The first-order valence-corrected chi connectivity index (χ1v) is 5.48. The molecule has 0 heterocycles. The van der Waals surface area contributed by atoms with Crippen molar-refractivity contribution in [1.82, 2.24) is 0 Å². The lowest BCUT2D eigenvalue weighted by Gasteiger charge is -2.08. The Morgan fingerprint density at radius 1 is 1.53 bits per heavy atom. The molecule has 90 valence electrons. The predicted octanol–water partition coefficient (Wildman–Crippen LogP) is 3.23. The molecule has 0 aromatic heterocycles. The molecular weight excluding hydrogens is 214 g/mol. The normalized spacial score (nSPS) is 11.1. The molecule has 0 aliphatic rings. The number of ether oxygens (including phenoxy) is 1. The number of allylic oxidation sites excluding steroid dienone is 1. The first-order chi connectivity index (χ1) is 8.13. The second-order valence-electron chi connectivity index (χ2n) is 3.71. The van der Waals surface area contributed by atoms with Gasteiger partial charge in [0.25, 0.3) is 0 Å². The lowest BCUT2D eigenvalue weighted by Crippen LogP contribution is -2.04. The highest BCUT2D eigenvalue weighted by atomic mass is 16.5. The van der Waals surface area contributed by atoms with Crippen molar-refractivity contribution < 1.29 is 9.53 Å². The summed E-state index contributed by atoms with van der Waals surface area (Å²) in [4.78, 5) is 15.2. The van der Waals surface area contributed by atoms with Crippen LogP contribution in [-0.2, 0) is 4.74 Å². The summed E-state index contributed by atoms with van der Waals surface area (Å²) in [6.45, 7) is 7.40. The van der Waals surface area contributed by atoms with Gasteiger partial charge in [-0.3, -0.25) is 4.99 Å². The fraction of sp³-hybridized carbons (Fsp3) is 0.286. The molecule has 3 heteroatoms. The lowest BCUT2D eigenvalue weighted by atomic mass is 9.99. The van der Waals surface area contributed by atoms with Crippen molar-refractivity contribution in [3.8, 4) is 0 Å². The highest BCUT2D eigenvalue weighted by Gasteiger charge is 2.10. The molecule has 0 saturated carbocycles. The highest BCUT2D eigenvalue weighted by Crippen LogP contribution is 2.21. The minimum atomic E-state index is -0.307. The lowest BCUT2D eigenvalue weighted by molar-refractivity contribution is 0.0600. The van der Waals surface area contributed by atoms with E-state index in [-0.39, 0.29) is 5.97 Å². The van der Waals surface area contributed by atoms with Crippen molar-refractivity contribution in [2.75, 3.05) is 7.11 Å².